The lowest BCUT2D eigenvalue weighted by atomic mass is 10.1. The number of para-hydroxylation sites is 3. The van der Waals surface area contributed by atoms with Gasteiger partial charge in [-0.05, 0) is 24.3 Å². The van der Waals surface area contributed by atoms with E-state index in [1.165, 1.54) is 0 Å². The van der Waals surface area contributed by atoms with Crippen molar-refractivity contribution in [1.82, 2.24) is 9.66 Å². The molecule has 0 radical (unpaired) electrons. The number of imidazole rings is 1. The van der Waals surface area contributed by atoms with Gasteiger partial charge in [0.05, 0.1) is 11.0 Å². The third kappa shape index (κ3) is 3.28. The first-order valence-corrected chi connectivity index (χ1v) is 8.31. The van der Waals surface area contributed by atoms with E-state index in [1.54, 1.807) is 11.0 Å². The van der Waals surface area contributed by atoms with Crippen LogP contribution in [0, 0.1) is 0 Å². The molecule has 0 saturated heterocycles. The molecule has 0 aliphatic carbocycles. The van der Waals surface area contributed by atoms with Crippen molar-refractivity contribution < 1.29 is 9.53 Å². The summed E-state index contributed by atoms with van der Waals surface area (Å²) in [6, 6.07) is 26.3. The van der Waals surface area contributed by atoms with E-state index in [4.69, 9.17) is 4.74 Å². The Morgan fingerprint density at radius 2 is 1.54 bits per heavy atom. The number of hydrogen-bond donors (Lipinski definition) is 1. The minimum atomic E-state index is -0.778. The third-order valence-electron chi connectivity index (χ3n) is 4.02. The van der Waals surface area contributed by atoms with E-state index >= 15 is 0 Å². The zero-order chi connectivity index (χ0) is 17.8. The summed E-state index contributed by atoms with van der Waals surface area (Å²) in [5.41, 5.74) is 5.29. The summed E-state index contributed by atoms with van der Waals surface area (Å²) in [6.07, 6.45) is 0.812. The Hall–Kier alpha value is -3.60. The van der Waals surface area contributed by atoms with Crippen LogP contribution in [0.5, 0.6) is 5.75 Å². The molecule has 1 heterocycles. The van der Waals surface area contributed by atoms with Gasteiger partial charge in [-0.25, -0.2) is 9.66 Å². The highest BCUT2D eigenvalue weighted by Crippen LogP contribution is 2.22. The van der Waals surface area contributed by atoms with E-state index in [-0.39, 0.29) is 5.91 Å². The predicted octanol–water partition coefficient (Wildman–Crippen LogP) is 3.93. The molecule has 1 aromatic heterocycles. The normalized spacial score (nSPS) is 11.8. The molecule has 4 aromatic rings. The van der Waals surface area contributed by atoms with Gasteiger partial charge in [0, 0.05) is 5.56 Å². The number of hydrogen-bond acceptors (Lipinski definition) is 3. The van der Waals surface area contributed by atoms with Gasteiger partial charge in [0.2, 0.25) is 6.10 Å². The molecule has 0 aliphatic heterocycles. The van der Waals surface area contributed by atoms with Crippen molar-refractivity contribution in [3.05, 3.63) is 96.8 Å². The number of rotatable bonds is 5. The molecular formula is C21H17N3O2. The van der Waals surface area contributed by atoms with Gasteiger partial charge in [-0.1, -0.05) is 60.7 Å². The van der Waals surface area contributed by atoms with Gasteiger partial charge in [0.25, 0.3) is 5.91 Å². The average Bonchev–Trinajstić information content (AvgIpc) is 3.10. The monoisotopic (exact) mass is 343 g/mol. The molecule has 128 valence electrons. The molecule has 1 amide bonds. The topological polar surface area (TPSA) is 56.2 Å². The summed E-state index contributed by atoms with van der Waals surface area (Å²) in [5, 5.41) is 0. The minimum Gasteiger partial charge on any atom is -0.476 e. The highest BCUT2D eigenvalue weighted by Gasteiger charge is 2.23. The maximum absolute atomic E-state index is 13.0. The van der Waals surface area contributed by atoms with Crippen LogP contribution in [0.15, 0.2) is 91.3 Å². The van der Waals surface area contributed by atoms with Crippen LogP contribution in [0.1, 0.15) is 11.7 Å². The molecule has 0 aliphatic rings. The van der Waals surface area contributed by atoms with E-state index in [1.807, 2.05) is 84.9 Å². The summed E-state index contributed by atoms with van der Waals surface area (Å²) in [7, 11) is 0. The Labute approximate surface area is 150 Å². The lowest BCUT2D eigenvalue weighted by Gasteiger charge is -2.19. The average molecular weight is 343 g/mol. The number of ether oxygens (including phenoxy) is 1. The molecule has 3 aromatic carbocycles. The number of fused-ring (bicyclic) bond motifs is 1. The standard InChI is InChI=1S/C21H17N3O2/c25-21(23-24-15-22-18-13-7-8-14-19(18)24)20(16-9-3-1-4-10-16)26-17-11-5-2-6-12-17/h1-15,20H,(H,23,25)/t20-/m1/s1. The molecule has 0 fully saturated rings. The maximum Gasteiger partial charge on any atom is 0.284 e. The molecule has 0 unspecified atom stereocenters. The molecule has 1 atom stereocenters. The number of amides is 1. The van der Waals surface area contributed by atoms with Crippen LogP contribution in [0.3, 0.4) is 0 Å². The lowest BCUT2D eigenvalue weighted by Crippen LogP contribution is -2.31. The van der Waals surface area contributed by atoms with E-state index in [0.29, 0.717) is 5.75 Å². The van der Waals surface area contributed by atoms with Gasteiger partial charge in [0.15, 0.2) is 0 Å². The number of carbonyl (C=O) groups excluding carboxylic acids is 1. The van der Waals surface area contributed by atoms with Crippen molar-refractivity contribution >= 4 is 16.9 Å². The van der Waals surface area contributed by atoms with Crippen molar-refractivity contribution in [3.8, 4) is 5.75 Å². The van der Waals surface area contributed by atoms with Crippen LogP contribution < -0.4 is 10.2 Å². The largest absolute Gasteiger partial charge is 0.476 e. The number of nitrogens with zero attached hydrogens (tertiary/aromatic N) is 2. The second-order valence-corrected chi connectivity index (χ2v) is 5.80. The first-order chi connectivity index (χ1) is 12.8. The van der Waals surface area contributed by atoms with E-state index in [2.05, 4.69) is 10.4 Å². The van der Waals surface area contributed by atoms with Crippen molar-refractivity contribution in [1.29, 1.82) is 0 Å². The molecule has 0 spiro atoms. The van der Waals surface area contributed by atoms with Crippen molar-refractivity contribution in [2.45, 2.75) is 6.10 Å². The van der Waals surface area contributed by atoms with Crippen molar-refractivity contribution in [2.24, 2.45) is 0 Å². The van der Waals surface area contributed by atoms with Crippen LogP contribution in [0.25, 0.3) is 11.0 Å². The summed E-state index contributed by atoms with van der Waals surface area (Å²) in [4.78, 5) is 17.3. The summed E-state index contributed by atoms with van der Waals surface area (Å²) in [5.74, 6) is 0.357. The molecule has 1 N–H and O–H groups in total. The van der Waals surface area contributed by atoms with Crippen molar-refractivity contribution in [3.63, 3.8) is 0 Å². The fourth-order valence-corrected chi connectivity index (χ4v) is 2.76. The van der Waals surface area contributed by atoms with E-state index in [0.717, 1.165) is 16.6 Å². The fourth-order valence-electron chi connectivity index (χ4n) is 2.76. The number of aromatic nitrogens is 2. The SMILES string of the molecule is O=C(Nn1cnc2ccccc21)[C@H](Oc1ccccc1)c1ccccc1. The molecule has 0 saturated carbocycles. The highest BCUT2D eigenvalue weighted by atomic mass is 16.5. The van der Waals surface area contributed by atoms with Crippen LogP contribution >= 0.6 is 0 Å². The van der Waals surface area contributed by atoms with Crippen LogP contribution in [0.4, 0.5) is 0 Å². The van der Waals surface area contributed by atoms with Gasteiger partial charge in [-0.2, -0.15) is 0 Å². The Balaban J connectivity index is 1.63. The van der Waals surface area contributed by atoms with Gasteiger partial charge in [-0.15, -0.1) is 0 Å². The predicted molar refractivity (Wildman–Crippen MR) is 100 cm³/mol. The van der Waals surface area contributed by atoms with Gasteiger partial charge in [-0.3, -0.25) is 10.2 Å². The van der Waals surface area contributed by atoms with Crippen LogP contribution in [-0.4, -0.2) is 15.6 Å². The molecule has 26 heavy (non-hydrogen) atoms. The highest BCUT2D eigenvalue weighted by molar-refractivity contribution is 5.91. The minimum absolute atomic E-state index is 0.275. The third-order valence-corrected chi connectivity index (χ3v) is 4.02. The zero-order valence-electron chi connectivity index (χ0n) is 13.9. The maximum atomic E-state index is 13.0. The lowest BCUT2D eigenvalue weighted by molar-refractivity contribution is -0.124. The Kier molecular flexibility index (Phi) is 4.35. The summed E-state index contributed by atoms with van der Waals surface area (Å²) < 4.78 is 7.59. The summed E-state index contributed by atoms with van der Waals surface area (Å²) >= 11 is 0. The molecule has 4 rings (SSSR count). The van der Waals surface area contributed by atoms with Crippen molar-refractivity contribution in [2.75, 3.05) is 5.43 Å². The van der Waals surface area contributed by atoms with E-state index < -0.39 is 6.10 Å². The van der Waals surface area contributed by atoms with Gasteiger partial charge in [0.1, 0.15) is 12.1 Å². The Morgan fingerprint density at radius 3 is 2.31 bits per heavy atom. The second-order valence-electron chi connectivity index (χ2n) is 5.80. The first-order valence-electron chi connectivity index (χ1n) is 8.31. The molecule has 0 bridgehead atoms. The van der Waals surface area contributed by atoms with Crippen LogP contribution in [-0.2, 0) is 4.79 Å². The van der Waals surface area contributed by atoms with Crippen LogP contribution in [0.2, 0.25) is 0 Å². The summed E-state index contributed by atoms with van der Waals surface area (Å²) in [6.45, 7) is 0. The number of benzene rings is 3. The second kappa shape index (κ2) is 7.11. The fraction of sp³-hybridized carbons (Fsp3) is 0.0476. The molecular weight excluding hydrogens is 326 g/mol. The zero-order valence-corrected chi connectivity index (χ0v) is 13.9. The number of carbonyl (C=O) groups is 1. The Bertz CT molecular complexity index is 1010. The number of nitrogens with one attached hydrogen (secondary N) is 1. The van der Waals surface area contributed by atoms with Gasteiger partial charge < -0.3 is 4.74 Å². The van der Waals surface area contributed by atoms with Gasteiger partial charge >= 0.3 is 0 Å². The van der Waals surface area contributed by atoms with E-state index in [9.17, 15) is 4.79 Å². The smallest absolute Gasteiger partial charge is 0.284 e. The first kappa shape index (κ1) is 15.9. The quantitative estimate of drug-likeness (QED) is 0.597. The Morgan fingerprint density at radius 1 is 0.885 bits per heavy atom. The molecule has 5 heteroatoms. The molecule has 5 nitrogen and oxygen atoms in total.